The van der Waals surface area contributed by atoms with Crippen LogP contribution in [0.5, 0.6) is 0 Å². The fraction of sp³-hybridized carbons (Fsp3) is 0.833. The summed E-state index contributed by atoms with van der Waals surface area (Å²) in [5.41, 5.74) is 0. The quantitative estimate of drug-likeness (QED) is 0.459. The van der Waals surface area contributed by atoms with Crippen molar-refractivity contribution in [2.75, 3.05) is 0 Å². The van der Waals surface area contributed by atoms with Crippen LogP contribution in [0, 0.1) is 12.8 Å². The first-order valence-electron chi connectivity index (χ1n) is 2.87. The van der Waals surface area contributed by atoms with Crippen LogP contribution in [-0.4, -0.2) is 0 Å². The zero-order valence-corrected chi connectivity index (χ0v) is 9.51. The molecule has 0 saturated carbocycles. The molecule has 0 aliphatic carbocycles. The van der Waals surface area contributed by atoms with E-state index in [1.165, 1.54) is 6.42 Å². The van der Waals surface area contributed by atoms with Crippen molar-refractivity contribution in [3.05, 3.63) is 6.92 Å². The number of hydrogen-bond acceptors (Lipinski definition) is 0. The molecule has 1 atom stereocenters. The molecule has 0 N–H and O–H groups in total. The molecule has 0 radical (unpaired) electrons. The Bertz CT molecular complexity index is 27.7. The van der Waals surface area contributed by atoms with Crippen molar-refractivity contribution in [2.45, 2.75) is 26.7 Å². The third kappa shape index (κ3) is 10.0. The molecule has 8 heavy (non-hydrogen) atoms. The Morgan fingerprint density at radius 1 is 1.62 bits per heavy atom. The van der Waals surface area contributed by atoms with E-state index in [1.54, 1.807) is 0 Å². The monoisotopic (exact) mass is 184 g/mol. The minimum atomic E-state index is 0.824. The average Bonchev–Trinajstić information content (AvgIpc) is 1.91. The molecule has 2 heteroatoms. The third-order valence-electron chi connectivity index (χ3n) is 1.19. The van der Waals surface area contributed by atoms with Crippen LogP contribution in [0.25, 0.3) is 0 Å². The fourth-order valence-electron chi connectivity index (χ4n) is 0.204. The molecule has 0 bridgehead atoms. The number of rotatable bonds is 2. The van der Waals surface area contributed by atoms with Gasteiger partial charge in [-0.25, -0.2) is 0 Å². The van der Waals surface area contributed by atoms with Gasteiger partial charge >= 0.3 is 27.0 Å². The van der Waals surface area contributed by atoms with E-state index in [1.807, 2.05) is 0 Å². The average molecular weight is 186 g/mol. The van der Waals surface area contributed by atoms with Gasteiger partial charge in [-0.2, -0.15) is 6.42 Å². The summed E-state index contributed by atoms with van der Waals surface area (Å²) in [6, 6.07) is 0. The molecule has 0 aliphatic heterocycles. The SMILES string of the molecule is [CH2-]CC(C)CC.[Cl][Zn+]. The molecule has 0 spiro atoms. The van der Waals surface area contributed by atoms with Crippen molar-refractivity contribution in [3.63, 3.8) is 0 Å². The molecule has 0 heterocycles. The molecule has 0 aliphatic rings. The number of halogens is 1. The molecule has 0 saturated heterocycles. The zero-order valence-electron chi connectivity index (χ0n) is 5.78. The second-order valence-corrected chi connectivity index (χ2v) is 1.80. The first-order chi connectivity index (χ1) is 3.81. The normalized spacial score (nSPS) is 11.8. The van der Waals surface area contributed by atoms with Crippen LogP contribution in [-0.2, 0) is 17.3 Å². The van der Waals surface area contributed by atoms with Gasteiger partial charge in [-0.1, -0.05) is 26.2 Å². The van der Waals surface area contributed by atoms with Crippen molar-refractivity contribution >= 4 is 9.69 Å². The topological polar surface area (TPSA) is 0 Å². The maximum atomic E-state index is 4.76. The Labute approximate surface area is 66.7 Å². The summed E-state index contributed by atoms with van der Waals surface area (Å²) in [7, 11) is 4.76. The van der Waals surface area contributed by atoms with Crippen LogP contribution < -0.4 is 0 Å². The van der Waals surface area contributed by atoms with E-state index in [9.17, 15) is 0 Å². The van der Waals surface area contributed by atoms with Crippen LogP contribution in [0.2, 0.25) is 0 Å². The predicted molar refractivity (Wildman–Crippen MR) is 35.3 cm³/mol. The van der Waals surface area contributed by atoms with E-state index >= 15 is 0 Å². The van der Waals surface area contributed by atoms with Crippen molar-refractivity contribution in [1.29, 1.82) is 0 Å². The Morgan fingerprint density at radius 2 is 2.00 bits per heavy atom. The molecular weight excluding hydrogens is 173 g/mol. The van der Waals surface area contributed by atoms with Crippen LogP contribution in [0.1, 0.15) is 26.7 Å². The molecule has 46 valence electrons. The van der Waals surface area contributed by atoms with Gasteiger partial charge in [0.25, 0.3) is 0 Å². The van der Waals surface area contributed by atoms with Gasteiger partial charge in [0.2, 0.25) is 0 Å². The summed E-state index contributed by atoms with van der Waals surface area (Å²) in [5, 5.41) is 0. The van der Waals surface area contributed by atoms with Gasteiger partial charge in [-0.05, 0) is 0 Å². The van der Waals surface area contributed by atoms with E-state index in [0.717, 1.165) is 29.7 Å². The van der Waals surface area contributed by atoms with Crippen molar-refractivity contribution in [2.24, 2.45) is 5.92 Å². The van der Waals surface area contributed by atoms with E-state index < -0.39 is 0 Å². The Balaban J connectivity index is 0. The van der Waals surface area contributed by atoms with Crippen molar-refractivity contribution in [3.8, 4) is 0 Å². The molecule has 0 fully saturated rings. The van der Waals surface area contributed by atoms with Gasteiger partial charge in [0, 0.05) is 0 Å². The van der Waals surface area contributed by atoms with E-state index in [-0.39, 0.29) is 0 Å². The summed E-state index contributed by atoms with van der Waals surface area (Å²) in [6.07, 6.45) is 2.35. The molecule has 0 aromatic rings. The molecular formula is C6H13ClZn. The number of hydrogen-bond donors (Lipinski definition) is 0. The molecule has 0 amide bonds. The van der Waals surface area contributed by atoms with E-state index in [2.05, 4.69) is 20.8 Å². The summed E-state index contributed by atoms with van der Waals surface area (Å²) in [6.45, 7) is 8.16. The van der Waals surface area contributed by atoms with E-state index in [0.29, 0.717) is 0 Å². The van der Waals surface area contributed by atoms with Gasteiger partial charge in [-0.3, -0.25) is 0 Å². The molecule has 1 unspecified atom stereocenters. The van der Waals surface area contributed by atoms with Crippen LogP contribution in [0.4, 0.5) is 0 Å². The fourth-order valence-corrected chi connectivity index (χ4v) is 0.204. The molecule has 0 rings (SSSR count). The predicted octanol–water partition coefficient (Wildman–Crippen LogP) is 2.94. The third-order valence-corrected chi connectivity index (χ3v) is 1.19. The van der Waals surface area contributed by atoms with Crippen molar-refractivity contribution in [1.82, 2.24) is 0 Å². The van der Waals surface area contributed by atoms with Gasteiger partial charge < -0.3 is 6.92 Å². The molecule has 0 aromatic carbocycles. The summed E-state index contributed by atoms with van der Waals surface area (Å²) >= 11 is 0.847. The Kier molecular flexibility index (Phi) is 15.8. The summed E-state index contributed by atoms with van der Waals surface area (Å²) in [5.74, 6) is 0.824. The Morgan fingerprint density at radius 3 is 2.00 bits per heavy atom. The van der Waals surface area contributed by atoms with Gasteiger partial charge in [0.1, 0.15) is 0 Å². The van der Waals surface area contributed by atoms with Gasteiger partial charge in [-0.15, -0.1) is 0 Å². The summed E-state index contributed by atoms with van der Waals surface area (Å²) in [4.78, 5) is 0. The first-order valence-corrected chi connectivity index (χ1v) is 6.77. The second-order valence-electron chi connectivity index (χ2n) is 1.80. The molecule has 0 nitrogen and oxygen atoms in total. The van der Waals surface area contributed by atoms with Gasteiger partial charge in [0.05, 0.1) is 0 Å². The zero-order chi connectivity index (χ0) is 6.99. The van der Waals surface area contributed by atoms with Crippen LogP contribution in [0.3, 0.4) is 0 Å². The minimum absolute atomic E-state index is 0.824. The van der Waals surface area contributed by atoms with Gasteiger partial charge in [0.15, 0.2) is 0 Å². The van der Waals surface area contributed by atoms with Crippen LogP contribution >= 0.6 is 9.69 Å². The Hall–Kier alpha value is 0.913. The van der Waals surface area contributed by atoms with Crippen LogP contribution in [0.15, 0.2) is 0 Å². The molecule has 0 aromatic heterocycles. The van der Waals surface area contributed by atoms with Crippen molar-refractivity contribution < 1.29 is 17.3 Å². The summed E-state index contributed by atoms with van der Waals surface area (Å²) < 4.78 is 0. The van der Waals surface area contributed by atoms with E-state index in [4.69, 9.17) is 9.69 Å². The maximum absolute atomic E-state index is 4.76. The second kappa shape index (κ2) is 10.8. The first kappa shape index (κ1) is 11.7. The standard InChI is InChI=1S/C6H13.ClH.Zn/c1-4-6(3)5-2;;/h6H,1,4-5H2,2-3H3;1H;/q-1;;+2/p-1.